The molecule has 0 heterocycles. The predicted molar refractivity (Wildman–Crippen MR) is 66.7 cm³/mol. The molecular weight excluding hydrogens is 232 g/mol. The fourth-order valence-corrected chi connectivity index (χ4v) is 5.14. The first-order chi connectivity index (χ1) is 8.49. The summed E-state index contributed by atoms with van der Waals surface area (Å²) in [6.07, 6.45) is 5.77. The Morgan fingerprint density at radius 1 is 0.444 bits per heavy atom. The van der Waals surface area contributed by atoms with Gasteiger partial charge in [0, 0.05) is 67.0 Å². The number of ether oxygens (including phenoxy) is 4. The van der Waals surface area contributed by atoms with Crippen LogP contribution >= 0.6 is 0 Å². The molecule has 0 aromatic rings. The molecule has 0 radical (unpaired) electrons. The normalized spacial score (nSPS) is 54.0. The van der Waals surface area contributed by atoms with E-state index in [-0.39, 0.29) is 22.4 Å². The maximum atomic E-state index is 5.89. The SMILES string of the molecule is COC12CC3(OC)CC(OC)(C1)CC(OC)(C2)C3. The fourth-order valence-electron chi connectivity index (χ4n) is 5.14. The Bertz CT molecular complexity index is 250. The molecule has 0 atom stereocenters. The van der Waals surface area contributed by atoms with Crippen molar-refractivity contribution in [3.63, 3.8) is 0 Å². The minimum atomic E-state index is -0.142. The average molecular weight is 256 g/mol. The molecule has 0 unspecified atom stereocenters. The number of rotatable bonds is 4. The zero-order valence-electron chi connectivity index (χ0n) is 11.9. The van der Waals surface area contributed by atoms with Crippen molar-refractivity contribution >= 4 is 0 Å². The molecule has 4 rings (SSSR count). The second-order valence-electron chi connectivity index (χ2n) is 6.61. The van der Waals surface area contributed by atoms with Gasteiger partial charge in [0.15, 0.2) is 0 Å². The molecule has 4 aliphatic carbocycles. The monoisotopic (exact) mass is 256 g/mol. The number of hydrogen-bond acceptors (Lipinski definition) is 4. The molecule has 0 amide bonds. The lowest BCUT2D eigenvalue weighted by molar-refractivity contribution is -0.318. The summed E-state index contributed by atoms with van der Waals surface area (Å²) >= 11 is 0. The molecule has 4 bridgehead atoms. The molecule has 18 heavy (non-hydrogen) atoms. The third kappa shape index (κ3) is 1.52. The van der Waals surface area contributed by atoms with E-state index in [1.807, 2.05) is 28.4 Å². The zero-order chi connectivity index (χ0) is 13.1. The summed E-state index contributed by atoms with van der Waals surface area (Å²) in [5.41, 5.74) is -0.568. The molecule has 4 saturated carbocycles. The highest BCUT2D eigenvalue weighted by Gasteiger charge is 2.70. The molecule has 104 valence electrons. The van der Waals surface area contributed by atoms with Gasteiger partial charge in [0.25, 0.3) is 0 Å². The average Bonchev–Trinajstić information content (AvgIpc) is 2.37. The Morgan fingerprint density at radius 3 is 0.722 bits per heavy atom. The summed E-state index contributed by atoms with van der Waals surface area (Å²) in [6, 6.07) is 0. The van der Waals surface area contributed by atoms with E-state index in [9.17, 15) is 0 Å². The van der Waals surface area contributed by atoms with Gasteiger partial charge in [-0.05, 0) is 0 Å². The van der Waals surface area contributed by atoms with Crippen LogP contribution in [-0.4, -0.2) is 50.8 Å². The first-order valence-electron chi connectivity index (χ1n) is 6.69. The molecule has 0 N–H and O–H groups in total. The topological polar surface area (TPSA) is 36.9 Å². The van der Waals surface area contributed by atoms with Crippen molar-refractivity contribution in [3.8, 4) is 0 Å². The number of methoxy groups -OCH3 is 4. The highest BCUT2D eigenvalue weighted by Crippen LogP contribution is 2.64. The van der Waals surface area contributed by atoms with Crippen LogP contribution in [0.5, 0.6) is 0 Å². The Labute approximate surface area is 109 Å². The van der Waals surface area contributed by atoms with E-state index >= 15 is 0 Å². The van der Waals surface area contributed by atoms with Crippen molar-refractivity contribution in [2.75, 3.05) is 28.4 Å². The quantitative estimate of drug-likeness (QED) is 0.770. The Morgan fingerprint density at radius 2 is 0.611 bits per heavy atom. The lowest BCUT2D eigenvalue weighted by Crippen LogP contribution is -2.73. The van der Waals surface area contributed by atoms with Gasteiger partial charge in [0.05, 0.1) is 22.4 Å². The zero-order valence-corrected chi connectivity index (χ0v) is 11.9. The third-order valence-corrected chi connectivity index (χ3v) is 5.60. The highest BCUT2D eigenvalue weighted by molar-refractivity contribution is 5.22. The standard InChI is InChI=1S/C14H24O4/c1-15-11-5-12(16-2)8-13(6-11,17-3)10-14(7-11,9-12)18-4/h5-10H2,1-4H3. The van der Waals surface area contributed by atoms with Crippen LogP contribution in [0.25, 0.3) is 0 Å². The Kier molecular flexibility index (Phi) is 2.63. The van der Waals surface area contributed by atoms with Crippen LogP contribution in [0.4, 0.5) is 0 Å². The maximum absolute atomic E-state index is 5.89. The molecule has 0 saturated heterocycles. The smallest absolute Gasteiger partial charge is 0.0761 e. The van der Waals surface area contributed by atoms with Gasteiger partial charge in [-0.25, -0.2) is 0 Å². The van der Waals surface area contributed by atoms with Crippen LogP contribution in [-0.2, 0) is 18.9 Å². The second-order valence-corrected chi connectivity index (χ2v) is 6.61. The highest BCUT2D eigenvalue weighted by atomic mass is 16.5. The minimum absolute atomic E-state index is 0.142. The van der Waals surface area contributed by atoms with E-state index in [1.54, 1.807) is 0 Å². The van der Waals surface area contributed by atoms with E-state index in [2.05, 4.69) is 0 Å². The Hall–Kier alpha value is -0.160. The van der Waals surface area contributed by atoms with E-state index in [1.165, 1.54) is 0 Å². The van der Waals surface area contributed by atoms with Gasteiger partial charge in [-0.1, -0.05) is 0 Å². The van der Waals surface area contributed by atoms with Crippen molar-refractivity contribution in [1.29, 1.82) is 0 Å². The molecule has 4 nitrogen and oxygen atoms in total. The van der Waals surface area contributed by atoms with Crippen molar-refractivity contribution in [3.05, 3.63) is 0 Å². The lowest BCUT2D eigenvalue weighted by Gasteiger charge is -2.68. The van der Waals surface area contributed by atoms with Crippen LogP contribution < -0.4 is 0 Å². The molecule has 4 aliphatic rings. The van der Waals surface area contributed by atoms with Crippen molar-refractivity contribution < 1.29 is 18.9 Å². The molecule has 4 fully saturated rings. The van der Waals surface area contributed by atoms with Gasteiger partial charge in [-0.15, -0.1) is 0 Å². The number of hydrogen-bond donors (Lipinski definition) is 0. The molecule has 0 aromatic heterocycles. The minimum Gasteiger partial charge on any atom is -0.378 e. The fraction of sp³-hybridized carbons (Fsp3) is 1.00. The van der Waals surface area contributed by atoms with E-state index in [0.717, 1.165) is 38.5 Å². The summed E-state index contributed by atoms with van der Waals surface area (Å²) in [5.74, 6) is 0. The molecule has 0 aromatic carbocycles. The third-order valence-electron chi connectivity index (χ3n) is 5.60. The maximum Gasteiger partial charge on any atom is 0.0761 e. The Balaban J connectivity index is 2.06. The molecule has 0 aliphatic heterocycles. The van der Waals surface area contributed by atoms with Gasteiger partial charge in [-0.2, -0.15) is 0 Å². The van der Waals surface area contributed by atoms with Gasteiger partial charge in [0.1, 0.15) is 0 Å². The molecule has 4 heteroatoms. The van der Waals surface area contributed by atoms with Crippen LogP contribution in [0.2, 0.25) is 0 Å². The van der Waals surface area contributed by atoms with Crippen molar-refractivity contribution in [2.45, 2.75) is 60.9 Å². The summed E-state index contributed by atoms with van der Waals surface area (Å²) < 4.78 is 23.6. The predicted octanol–water partition coefficient (Wildman–Crippen LogP) is 1.91. The van der Waals surface area contributed by atoms with Crippen LogP contribution in [0.15, 0.2) is 0 Å². The molecular formula is C14H24O4. The lowest BCUT2D eigenvalue weighted by atomic mass is 9.48. The van der Waals surface area contributed by atoms with Crippen LogP contribution in [0.1, 0.15) is 38.5 Å². The first kappa shape index (κ1) is 12.9. The summed E-state index contributed by atoms with van der Waals surface area (Å²) in [7, 11) is 7.24. The van der Waals surface area contributed by atoms with Crippen LogP contribution in [0, 0.1) is 0 Å². The van der Waals surface area contributed by atoms with Gasteiger partial charge in [0.2, 0.25) is 0 Å². The van der Waals surface area contributed by atoms with Gasteiger partial charge >= 0.3 is 0 Å². The van der Waals surface area contributed by atoms with Crippen LogP contribution in [0.3, 0.4) is 0 Å². The van der Waals surface area contributed by atoms with E-state index in [4.69, 9.17) is 18.9 Å². The van der Waals surface area contributed by atoms with E-state index in [0.29, 0.717) is 0 Å². The summed E-state index contributed by atoms with van der Waals surface area (Å²) in [5, 5.41) is 0. The largest absolute Gasteiger partial charge is 0.378 e. The van der Waals surface area contributed by atoms with Crippen molar-refractivity contribution in [1.82, 2.24) is 0 Å². The van der Waals surface area contributed by atoms with Gasteiger partial charge < -0.3 is 18.9 Å². The second kappa shape index (κ2) is 3.69. The summed E-state index contributed by atoms with van der Waals surface area (Å²) in [6.45, 7) is 0. The van der Waals surface area contributed by atoms with E-state index < -0.39 is 0 Å². The van der Waals surface area contributed by atoms with Gasteiger partial charge in [-0.3, -0.25) is 0 Å². The van der Waals surface area contributed by atoms with Crippen molar-refractivity contribution in [2.24, 2.45) is 0 Å². The first-order valence-corrected chi connectivity index (χ1v) is 6.69. The molecule has 0 spiro atoms. The summed E-state index contributed by atoms with van der Waals surface area (Å²) in [4.78, 5) is 0.